The lowest BCUT2D eigenvalue weighted by Crippen LogP contribution is -2.56. The Kier molecular flexibility index (Phi) is 5.55. The van der Waals surface area contributed by atoms with E-state index < -0.39 is 0 Å². The second kappa shape index (κ2) is 10.3. The lowest BCUT2D eigenvalue weighted by molar-refractivity contribution is 0.669. The minimum Gasteiger partial charge on any atom is -0.456 e. The molecule has 0 saturated carbocycles. The summed E-state index contributed by atoms with van der Waals surface area (Å²) in [6.45, 7) is -0.00569. The van der Waals surface area contributed by atoms with Gasteiger partial charge in [-0.25, -0.2) is 4.98 Å². The van der Waals surface area contributed by atoms with Crippen molar-refractivity contribution in [2.45, 2.75) is 0 Å². The molecule has 52 heavy (non-hydrogen) atoms. The zero-order chi connectivity index (χ0) is 33.9. The predicted molar refractivity (Wildman–Crippen MR) is 216 cm³/mol. The van der Waals surface area contributed by atoms with Crippen molar-refractivity contribution in [3.63, 3.8) is 0 Å². The molecule has 0 amide bonds. The molecule has 0 fully saturated rings. The van der Waals surface area contributed by atoms with E-state index in [0.717, 1.165) is 50.1 Å². The van der Waals surface area contributed by atoms with Crippen LogP contribution < -0.4 is 16.4 Å². The second-order valence-electron chi connectivity index (χ2n) is 13.9. The largest absolute Gasteiger partial charge is 0.456 e. The SMILES string of the molecule is c1ccc(-c2ccccc2-c2cccc3nc4n5c6c(ccc7cccc(c76)n4c23)B(c2cccc3oc4ccccc4c23)c2ccccc2-5)cc1. The molecule has 5 heteroatoms. The quantitative estimate of drug-likeness (QED) is 0.177. The van der Waals surface area contributed by atoms with E-state index in [1.54, 1.807) is 0 Å². The van der Waals surface area contributed by atoms with Gasteiger partial charge in [0.15, 0.2) is 0 Å². The lowest BCUT2D eigenvalue weighted by atomic mass is 9.35. The van der Waals surface area contributed by atoms with E-state index in [9.17, 15) is 0 Å². The monoisotopic (exact) mass is 661 g/mol. The van der Waals surface area contributed by atoms with Crippen LogP contribution in [0.25, 0.3) is 88.5 Å². The molecule has 11 aromatic rings. The Hall–Kier alpha value is -6.85. The van der Waals surface area contributed by atoms with Crippen LogP contribution in [-0.4, -0.2) is 20.7 Å². The molecule has 0 N–H and O–H groups in total. The average molecular weight is 662 g/mol. The minimum atomic E-state index is -0.00569. The third kappa shape index (κ3) is 3.64. The number of hydrogen-bond acceptors (Lipinski definition) is 2. The van der Waals surface area contributed by atoms with Gasteiger partial charge < -0.3 is 4.42 Å². The lowest BCUT2D eigenvalue weighted by Gasteiger charge is -2.30. The highest BCUT2D eigenvalue weighted by Gasteiger charge is 2.36. The van der Waals surface area contributed by atoms with Gasteiger partial charge in [0, 0.05) is 27.4 Å². The van der Waals surface area contributed by atoms with Gasteiger partial charge in [-0.05, 0) is 63.3 Å². The number of rotatable bonds is 3. The van der Waals surface area contributed by atoms with Crippen LogP contribution in [0.5, 0.6) is 0 Å². The highest BCUT2D eigenvalue weighted by Crippen LogP contribution is 2.40. The first kappa shape index (κ1) is 27.9. The van der Waals surface area contributed by atoms with Gasteiger partial charge in [-0.2, -0.15) is 0 Å². The van der Waals surface area contributed by atoms with Crippen LogP contribution in [0, 0.1) is 0 Å². The topological polar surface area (TPSA) is 35.4 Å². The molecule has 0 unspecified atom stereocenters. The molecule has 8 aromatic carbocycles. The molecule has 240 valence electrons. The molecule has 3 aromatic heterocycles. The number of benzene rings is 8. The summed E-state index contributed by atoms with van der Waals surface area (Å²) in [6.07, 6.45) is 0. The molecule has 1 aliphatic heterocycles. The Morgan fingerprint density at radius 2 is 1.21 bits per heavy atom. The maximum absolute atomic E-state index is 6.42. The van der Waals surface area contributed by atoms with Crippen LogP contribution in [0.4, 0.5) is 0 Å². The van der Waals surface area contributed by atoms with E-state index in [-0.39, 0.29) is 6.71 Å². The number of para-hydroxylation sites is 3. The first-order chi connectivity index (χ1) is 25.8. The van der Waals surface area contributed by atoms with Crippen molar-refractivity contribution in [1.82, 2.24) is 14.0 Å². The third-order valence-corrected chi connectivity index (χ3v) is 11.2. The van der Waals surface area contributed by atoms with E-state index >= 15 is 0 Å². The van der Waals surface area contributed by atoms with Crippen LogP contribution in [0.3, 0.4) is 0 Å². The summed E-state index contributed by atoms with van der Waals surface area (Å²) in [4.78, 5) is 5.51. The van der Waals surface area contributed by atoms with E-state index in [4.69, 9.17) is 9.40 Å². The van der Waals surface area contributed by atoms with Crippen molar-refractivity contribution in [3.8, 4) is 27.9 Å². The van der Waals surface area contributed by atoms with E-state index in [0.29, 0.717) is 0 Å². The van der Waals surface area contributed by atoms with Crippen molar-refractivity contribution in [3.05, 3.63) is 170 Å². The summed E-state index contributed by atoms with van der Waals surface area (Å²) < 4.78 is 11.3. The van der Waals surface area contributed by atoms with Crippen molar-refractivity contribution in [2.75, 3.05) is 0 Å². The van der Waals surface area contributed by atoms with E-state index in [1.807, 2.05) is 6.07 Å². The molecule has 4 nitrogen and oxygen atoms in total. The zero-order valence-corrected chi connectivity index (χ0v) is 28.0. The smallest absolute Gasteiger partial charge is 0.247 e. The molecule has 0 atom stereocenters. The van der Waals surface area contributed by atoms with Crippen molar-refractivity contribution in [1.29, 1.82) is 0 Å². The van der Waals surface area contributed by atoms with Gasteiger partial charge in [0.2, 0.25) is 12.5 Å². The number of nitrogens with zero attached hydrogens (tertiary/aromatic N) is 3. The Balaban J connectivity index is 1.24. The Bertz CT molecular complexity index is 3260. The predicted octanol–water partition coefficient (Wildman–Crippen LogP) is 9.65. The van der Waals surface area contributed by atoms with Gasteiger partial charge in [0.25, 0.3) is 0 Å². The Morgan fingerprint density at radius 3 is 2.15 bits per heavy atom. The molecular formula is C47H28BN3O. The average Bonchev–Trinajstić information content (AvgIpc) is 3.79. The normalized spacial score (nSPS) is 12.6. The molecule has 0 aliphatic carbocycles. The van der Waals surface area contributed by atoms with Gasteiger partial charge in [0.1, 0.15) is 11.2 Å². The van der Waals surface area contributed by atoms with Gasteiger partial charge in [-0.1, -0.05) is 145 Å². The Morgan fingerprint density at radius 1 is 0.481 bits per heavy atom. The van der Waals surface area contributed by atoms with Gasteiger partial charge in [-0.3, -0.25) is 8.97 Å². The summed E-state index contributed by atoms with van der Waals surface area (Å²) in [6, 6.07) is 61.1. The molecule has 1 aliphatic rings. The van der Waals surface area contributed by atoms with Crippen molar-refractivity contribution >= 4 is 83.7 Å². The van der Waals surface area contributed by atoms with Gasteiger partial charge in [0.05, 0.1) is 22.1 Å². The maximum atomic E-state index is 6.42. The molecule has 0 radical (unpaired) electrons. The van der Waals surface area contributed by atoms with Gasteiger partial charge >= 0.3 is 0 Å². The summed E-state index contributed by atoms with van der Waals surface area (Å²) in [7, 11) is 0. The van der Waals surface area contributed by atoms with E-state index in [1.165, 1.54) is 54.8 Å². The fraction of sp³-hybridized carbons (Fsp3) is 0. The number of hydrogen-bond donors (Lipinski definition) is 0. The number of furan rings is 1. The summed E-state index contributed by atoms with van der Waals surface area (Å²) in [5.41, 5.74) is 15.9. The van der Waals surface area contributed by atoms with Crippen molar-refractivity contribution in [2.24, 2.45) is 0 Å². The van der Waals surface area contributed by atoms with E-state index in [2.05, 4.69) is 173 Å². The van der Waals surface area contributed by atoms with Crippen LogP contribution in [-0.2, 0) is 0 Å². The molecule has 0 saturated heterocycles. The van der Waals surface area contributed by atoms with Crippen LogP contribution in [0.1, 0.15) is 0 Å². The molecule has 0 spiro atoms. The minimum absolute atomic E-state index is 0.00569. The number of aromatic nitrogens is 3. The molecule has 0 bridgehead atoms. The zero-order valence-electron chi connectivity index (χ0n) is 28.0. The van der Waals surface area contributed by atoms with Crippen LogP contribution in [0.15, 0.2) is 174 Å². The highest BCUT2D eigenvalue weighted by molar-refractivity contribution is 6.99. The second-order valence-corrected chi connectivity index (χ2v) is 13.9. The summed E-state index contributed by atoms with van der Waals surface area (Å²) in [5, 5.41) is 4.77. The fourth-order valence-electron chi connectivity index (χ4n) is 9.12. The van der Waals surface area contributed by atoms with Crippen molar-refractivity contribution < 1.29 is 4.42 Å². The summed E-state index contributed by atoms with van der Waals surface area (Å²) in [5.74, 6) is 0.907. The molecular weight excluding hydrogens is 633 g/mol. The maximum Gasteiger partial charge on any atom is 0.247 e. The number of imidazole rings is 1. The fourth-order valence-corrected chi connectivity index (χ4v) is 9.12. The Labute approximate surface area is 298 Å². The first-order valence-corrected chi connectivity index (χ1v) is 17.8. The summed E-state index contributed by atoms with van der Waals surface area (Å²) >= 11 is 0. The molecule has 12 rings (SSSR count). The van der Waals surface area contributed by atoms with Gasteiger partial charge in [-0.15, -0.1) is 0 Å². The first-order valence-electron chi connectivity index (χ1n) is 17.8. The molecule has 4 heterocycles. The number of fused-ring (bicyclic) bond motifs is 10. The third-order valence-electron chi connectivity index (χ3n) is 11.2. The van der Waals surface area contributed by atoms with Crippen LogP contribution in [0.2, 0.25) is 0 Å². The highest BCUT2D eigenvalue weighted by atomic mass is 16.3. The standard InChI is InChI=1S/C47H28BN3O/c1-2-13-29(14-3-1)31-16-4-5-17-32(31)33-19-11-22-38-45(33)51-40-24-10-15-30-27-28-37-46(43(30)40)50(47(51)49-38)39-23-8-7-20-35(39)48(37)36-21-12-26-42-44(36)34-18-6-9-25-41(34)52-42/h1-28H. The van der Waals surface area contributed by atoms with Crippen LogP contribution >= 0.6 is 0 Å².